The van der Waals surface area contributed by atoms with E-state index in [0.717, 1.165) is 5.56 Å². The molecule has 0 bridgehead atoms. The van der Waals surface area contributed by atoms with Gasteiger partial charge in [0, 0.05) is 10.9 Å². The fourth-order valence-corrected chi connectivity index (χ4v) is 2.39. The number of rotatable bonds is 5. The van der Waals surface area contributed by atoms with Gasteiger partial charge in [-0.25, -0.2) is 0 Å². The molecule has 0 aliphatic rings. The summed E-state index contributed by atoms with van der Waals surface area (Å²) < 4.78 is 10.3. The highest BCUT2D eigenvalue weighted by molar-refractivity contribution is 7.08. The van der Waals surface area contributed by atoms with E-state index in [1.54, 1.807) is 18.3 Å². The van der Waals surface area contributed by atoms with Crippen LogP contribution in [0, 0.1) is 5.92 Å². The van der Waals surface area contributed by atoms with E-state index in [0.29, 0.717) is 18.3 Å². The van der Waals surface area contributed by atoms with Gasteiger partial charge in [0.25, 0.3) is 0 Å². The third kappa shape index (κ3) is 3.01. The Hall–Kier alpha value is -1.69. The fourth-order valence-electron chi connectivity index (χ4n) is 1.76. The molecule has 0 saturated heterocycles. The molecule has 2 aromatic rings. The lowest BCUT2D eigenvalue weighted by Gasteiger charge is -2.14. The first-order valence-corrected chi connectivity index (χ1v) is 7.10. The highest BCUT2D eigenvalue weighted by Crippen LogP contribution is 2.27. The lowest BCUT2D eigenvalue weighted by atomic mass is 9.96. The average Bonchev–Trinajstić information content (AvgIpc) is 2.98. The van der Waals surface area contributed by atoms with Crippen LogP contribution >= 0.6 is 11.3 Å². The van der Waals surface area contributed by atoms with Crippen molar-refractivity contribution in [3.63, 3.8) is 0 Å². The first-order chi connectivity index (χ1) is 9.13. The normalized spacial score (nSPS) is 12.6. The number of hydrogen-bond donors (Lipinski definition) is 0. The van der Waals surface area contributed by atoms with Crippen LogP contribution in [0.4, 0.5) is 0 Å². The van der Waals surface area contributed by atoms with Crippen molar-refractivity contribution in [2.75, 3.05) is 6.61 Å². The first-order valence-electron chi connectivity index (χ1n) is 6.16. The van der Waals surface area contributed by atoms with Gasteiger partial charge in [0.15, 0.2) is 0 Å². The summed E-state index contributed by atoms with van der Waals surface area (Å²) in [5, 5.41) is 7.79. The Morgan fingerprint density at radius 3 is 2.89 bits per heavy atom. The minimum atomic E-state index is -0.514. The zero-order chi connectivity index (χ0) is 13.8. The van der Waals surface area contributed by atoms with Crippen molar-refractivity contribution < 1.29 is 14.1 Å². The molecule has 6 heteroatoms. The van der Waals surface area contributed by atoms with Crippen LogP contribution in [-0.4, -0.2) is 22.7 Å². The molecule has 0 aromatic carbocycles. The molecule has 0 aliphatic carbocycles. The molecule has 0 fully saturated rings. The Balaban J connectivity index is 2.26. The van der Waals surface area contributed by atoms with Crippen LogP contribution in [0.5, 0.6) is 0 Å². The van der Waals surface area contributed by atoms with Gasteiger partial charge in [-0.1, -0.05) is 19.0 Å². The second-order valence-electron chi connectivity index (χ2n) is 4.44. The molecule has 1 atom stereocenters. The second-order valence-corrected chi connectivity index (χ2v) is 5.22. The van der Waals surface area contributed by atoms with E-state index in [1.165, 1.54) is 0 Å². The van der Waals surface area contributed by atoms with Crippen LogP contribution in [0.2, 0.25) is 0 Å². The number of carbonyl (C=O) groups is 1. The summed E-state index contributed by atoms with van der Waals surface area (Å²) in [4.78, 5) is 16.2. The number of ether oxygens (including phenoxy) is 1. The summed E-state index contributed by atoms with van der Waals surface area (Å²) >= 11 is 1.56. The number of carbonyl (C=O) groups excluding carboxylic acids is 1. The number of thiophene rings is 1. The fraction of sp³-hybridized carbons (Fsp3) is 0.462. The first kappa shape index (κ1) is 13.7. The quantitative estimate of drug-likeness (QED) is 0.787. The van der Waals surface area contributed by atoms with Gasteiger partial charge in [0.05, 0.1) is 6.61 Å². The molecule has 0 radical (unpaired) electrons. The Labute approximate surface area is 115 Å². The van der Waals surface area contributed by atoms with Crippen molar-refractivity contribution >= 4 is 17.3 Å². The number of hydrogen-bond acceptors (Lipinski definition) is 6. The molecule has 1 unspecified atom stereocenters. The molecular weight excluding hydrogens is 264 g/mol. The topological polar surface area (TPSA) is 65.2 Å². The van der Waals surface area contributed by atoms with Gasteiger partial charge in [0.1, 0.15) is 5.92 Å². The second kappa shape index (κ2) is 5.97. The van der Waals surface area contributed by atoms with E-state index < -0.39 is 5.92 Å². The van der Waals surface area contributed by atoms with Crippen LogP contribution < -0.4 is 0 Å². The van der Waals surface area contributed by atoms with E-state index in [1.807, 2.05) is 30.7 Å². The van der Waals surface area contributed by atoms with Gasteiger partial charge in [-0.3, -0.25) is 4.79 Å². The molecule has 5 nitrogen and oxygen atoms in total. The highest BCUT2D eigenvalue weighted by atomic mass is 32.1. The monoisotopic (exact) mass is 280 g/mol. The molecule has 0 aliphatic heterocycles. The Morgan fingerprint density at radius 1 is 1.53 bits per heavy atom. The highest BCUT2D eigenvalue weighted by Gasteiger charge is 2.31. The van der Waals surface area contributed by atoms with Crippen molar-refractivity contribution in [2.45, 2.75) is 26.7 Å². The van der Waals surface area contributed by atoms with Crippen molar-refractivity contribution in [1.82, 2.24) is 10.1 Å². The largest absolute Gasteiger partial charge is 0.465 e. The standard InChI is InChI=1S/C13H16N2O3S/c1-4-17-13(16)10(8(2)3)12-14-11(15-18-12)9-5-6-19-7-9/h5-8,10H,4H2,1-3H3. The van der Waals surface area contributed by atoms with Crippen LogP contribution in [0.15, 0.2) is 21.3 Å². The summed E-state index contributed by atoms with van der Waals surface area (Å²) in [6, 6.07) is 1.91. The van der Waals surface area contributed by atoms with Crippen molar-refractivity contribution in [2.24, 2.45) is 5.92 Å². The zero-order valence-corrected chi connectivity index (χ0v) is 11.9. The van der Waals surface area contributed by atoms with Gasteiger partial charge in [-0.05, 0) is 24.3 Å². The molecule has 0 saturated carbocycles. The van der Waals surface area contributed by atoms with E-state index in [9.17, 15) is 4.79 Å². The summed E-state index contributed by atoms with van der Waals surface area (Å²) in [7, 11) is 0. The van der Waals surface area contributed by atoms with Crippen molar-refractivity contribution in [3.8, 4) is 11.4 Å². The maximum atomic E-state index is 11.9. The SMILES string of the molecule is CCOC(=O)C(c1nc(-c2ccsc2)no1)C(C)C. The maximum Gasteiger partial charge on any atom is 0.318 e. The summed E-state index contributed by atoms with van der Waals surface area (Å²) in [6.45, 7) is 5.97. The van der Waals surface area contributed by atoms with Crippen molar-refractivity contribution in [3.05, 3.63) is 22.7 Å². The summed E-state index contributed by atoms with van der Waals surface area (Å²) in [5.74, 6) is 0.0218. The molecule has 0 spiro atoms. The third-order valence-corrected chi connectivity index (χ3v) is 3.38. The molecule has 0 amide bonds. The maximum absolute atomic E-state index is 11.9. The van der Waals surface area contributed by atoms with E-state index in [-0.39, 0.29) is 11.9 Å². The van der Waals surface area contributed by atoms with E-state index in [4.69, 9.17) is 9.26 Å². The Morgan fingerprint density at radius 2 is 2.32 bits per heavy atom. The Kier molecular flexibility index (Phi) is 4.31. The molecule has 2 heterocycles. The number of nitrogens with zero attached hydrogens (tertiary/aromatic N) is 2. The van der Waals surface area contributed by atoms with Gasteiger partial charge in [-0.2, -0.15) is 16.3 Å². The molecule has 19 heavy (non-hydrogen) atoms. The van der Waals surface area contributed by atoms with Gasteiger partial charge in [-0.15, -0.1) is 0 Å². The van der Waals surface area contributed by atoms with E-state index >= 15 is 0 Å². The average molecular weight is 280 g/mol. The molecular formula is C13H16N2O3S. The zero-order valence-electron chi connectivity index (χ0n) is 11.1. The molecule has 0 N–H and O–H groups in total. The Bertz CT molecular complexity index is 534. The van der Waals surface area contributed by atoms with Gasteiger partial charge < -0.3 is 9.26 Å². The molecule has 2 rings (SSSR count). The van der Waals surface area contributed by atoms with E-state index in [2.05, 4.69) is 10.1 Å². The summed E-state index contributed by atoms with van der Waals surface area (Å²) in [5.41, 5.74) is 0.895. The lowest BCUT2D eigenvalue weighted by Crippen LogP contribution is -2.21. The smallest absolute Gasteiger partial charge is 0.318 e. The minimum Gasteiger partial charge on any atom is -0.465 e. The number of aromatic nitrogens is 2. The van der Waals surface area contributed by atoms with Gasteiger partial charge in [0.2, 0.25) is 11.7 Å². The molecule has 2 aromatic heterocycles. The van der Waals surface area contributed by atoms with Crippen LogP contribution in [0.25, 0.3) is 11.4 Å². The molecule has 102 valence electrons. The minimum absolute atomic E-state index is 0.0369. The van der Waals surface area contributed by atoms with Gasteiger partial charge >= 0.3 is 5.97 Å². The number of esters is 1. The van der Waals surface area contributed by atoms with Crippen LogP contribution in [-0.2, 0) is 9.53 Å². The third-order valence-electron chi connectivity index (χ3n) is 2.69. The van der Waals surface area contributed by atoms with Crippen LogP contribution in [0.1, 0.15) is 32.6 Å². The predicted molar refractivity (Wildman–Crippen MR) is 71.8 cm³/mol. The predicted octanol–water partition coefficient (Wildman–Crippen LogP) is 3.10. The van der Waals surface area contributed by atoms with Crippen LogP contribution in [0.3, 0.4) is 0 Å². The lowest BCUT2D eigenvalue weighted by molar-refractivity contribution is -0.146. The summed E-state index contributed by atoms with van der Waals surface area (Å²) in [6.07, 6.45) is 0. The van der Waals surface area contributed by atoms with Crippen molar-refractivity contribution in [1.29, 1.82) is 0 Å².